The average molecular weight is 284 g/mol. The summed E-state index contributed by atoms with van der Waals surface area (Å²) in [5.41, 5.74) is 1.12. The van der Waals surface area contributed by atoms with E-state index in [1.807, 2.05) is 13.8 Å². The minimum atomic E-state index is -0.887. The molecule has 0 spiro atoms. The van der Waals surface area contributed by atoms with Gasteiger partial charge < -0.3 is 10.3 Å². The van der Waals surface area contributed by atoms with E-state index in [0.717, 1.165) is 6.07 Å². The van der Waals surface area contributed by atoms with Crippen molar-refractivity contribution in [1.29, 1.82) is 0 Å². The average Bonchev–Trinajstić information content (AvgIpc) is 2.44. The molecule has 0 saturated carbocycles. The Bertz CT molecular complexity index is 536. The van der Waals surface area contributed by atoms with Crippen LogP contribution in [0.2, 0.25) is 0 Å². The predicted octanol–water partition coefficient (Wildman–Crippen LogP) is 1.89. The number of nitrogens with zero attached hydrogens (tertiary/aromatic N) is 2. The summed E-state index contributed by atoms with van der Waals surface area (Å²) in [7, 11) is 1.54. The second-order valence-corrected chi connectivity index (χ2v) is 4.42. The zero-order valence-corrected chi connectivity index (χ0v) is 11.5. The maximum Gasteiger partial charge on any atom is 0.285 e. The van der Waals surface area contributed by atoms with Crippen LogP contribution < -0.4 is 11.3 Å². The van der Waals surface area contributed by atoms with Crippen molar-refractivity contribution in [2.45, 2.75) is 26.3 Å². The van der Waals surface area contributed by atoms with Gasteiger partial charge in [0, 0.05) is 13.1 Å². The van der Waals surface area contributed by atoms with Gasteiger partial charge in [-0.1, -0.05) is 6.92 Å². The van der Waals surface area contributed by atoms with Crippen LogP contribution in [0.4, 0.5) is 15.8 Å². The van der Waals surface area contributed by atoms with Gasteiger partial charge in [-0.05, 0) is 19.4 Å². The number of carbonyl (C=O) groups excluding carboxylic acids is 1. The van der Waals surface area contributed by atoms with Gasteiger partial charge in [-0.2, -0.15) is 0 Å². The molecule has 1 amide bonds. The highest BCUT2D eigenvalue weighted by molar-refractivity contribution is 5.99. The van der Waals surface area contributed by atoms with Crippen LogP contribution in [0.15, 0.2) is 12.1 Å². The van der Waals surface area contributed by atoms with E-state index in [1.54, 1.807) is 7.05 Å². The molecule has 7 nitrogen and oxygen atoms in total. The molecule has 0 aliphatic heterocycles. The number of halogens is 1. The molecule has 110 valence electrons. The third kappa shape index (κ3) is 3.02. The lowest BCUT2D eigenvalue weighted by Crippen LogP contribution is -2.35. The Morgan fingerprint density at radius 1 is 1.60 bits per heavy atom. The lowest BCUT2D eigenvalue weighted by Gasteiger charge is -2.24. The van der Waals surface area contributed by atoms with Gasteiger partial charge in [0.2, 0.25) is 0 Å². The molecule has 0 bridgehead atoms. The lowest BCUT2D eigenvalue weighted by molar-refractivity contribution is -0.385. The number of benzene rings is 1. The van der Waals surface area contributed by atoms with E-state index in [4.69, 9.17) is 5.84 Å². The molecular formula is C12H17FN4O3. The van der Waals surface area contributed by atoms with E-state index < -0.39 is 22.3 Å². The van der Waals surface area contributed by atoms with Crippen molar-refractivity contribution in [3.05, 3.63) is 33.6 Å². The fraction of sp³-hybridized carbons (Fsp3) is 0.417. The van der Waals surface area contributed by atoms with Gasteiger partial charge in [0.25, 0.3) is 11.6 Å². The van der Waals surface area contributed by atoms with Crippen molar-refractivity contribution in [1.82, 2.24) is 4.90 Å². The molecule has 3 N–H and O–H groups in total. The van der Waals surface area contributed by atoms with Gasteiger partial charge in [-0.3, -0.25) is 20.8 Å². The standard InChI is InChI=1S/C12H17FN4O3/c1-4-7(2)16(3)12(18)8-5-10(15-14)9(13)6-11(8)17(19)20/h5-7,15H,4,14H2,1-3H3. The van der Waals surface area contributed by atoms with Crippen molar-refractivity contribution in [2.75, 3.05) is 12.5 Å². The van der Waals surface area contributed by atoms with Crippen molar-refractivity contribution in [3.63, 3.8) is 0 Å². The first-order valence-corrected chi connectivity index (χ1v) is 6.05. The Morgan fingerprint density at radius 3 is 2.65 bits per heavy atom. The lowest BCUT2D eigenvalue weighted by atomic mass is 10.1. The summed E-state index contributed by atoms with van der Waals surface area (Å²) in [6.45, 7) is 3.70. The maximum absolute atomic E-state index is 13.5. The number of hydrogen-bond acceptors (Lipinski definition) is 5. The molecule has 20 heavy (non-hydrogen) atoms. The number of rotatable bonds is 5. The molecule has 0 fully saturated rings. The Kier molecular flexibility index (Phi) is 4.98. The Labute approximate surface area is 115 Å². The van der Waals surface area contributed by atoms with Crippen molar-refractivity contribution in [3.8, 4) is 0 Å². The zero-order chi connectivity index (χ0) is 15.4. The zero-order valence-electron chi connectivity index (χ0n) is 11.5. The first-order valence-electron chi connectivity index (χ1n) is 6.05. The Balaban J connectivity index is 3.34. The second-order valence-electron chi connectivity index (χ2n) is 4.42. The number of nitro groups is 1. The number of hydrazine groups is 1. The van der Waals surface area contributed by atoms with E-state index in [2.05, 4.69) is 5.43 Å². The molecule has 0 radical (unpaired) electrons. The Hall–Kier alpha value is -2.22. The number of nitrogens with two attached hydrogens (primary N) is 1. The summed E-state index contributed by atoms with van der Waals surface area (Å²) in [5, 5.41) is 11.0. The fourth-order valence-electron chi connectivity index (χ4n) is 1.66. The van der Waals surface area contributed by atoms with Gasteiger partial charge in [-0.25, -0.2) is 4.39 Å². The van der Waals surface area contributed by atoms with Gasteiger partial charge >= 0.3 is 0 Å². The monoisotopic (exact) mass is 284 g/mol. The topological polar surface area (TPSA) is 102 Å². The second kappa shape index (κ2) is 6.29. The fourth-order valence-corrected chi connectivity index (χ4v) is 1.66. The van der Waals surface area contributed by atoms with E-state index >= 15 is 0 Å². The van der Waals surface area contributed by atoms with Crippen LogP contribution in [0.5, 0.6) is 0 Å². The molecule has 1 aromatic rings. The van der Waals surface area contributed by atoms with Crippen LogP contribution >= 0.6 is 0 Å². The van der Waals surface area contributed by atoms with Crippen LogP contribution in [0.3, 0.4) is 0 Å². The molecule has 0 aliphatic rings. The van der Waals surface area contributed by atoms with Gasteiger partial charge in [0.05, 0.1) is 16.7 Å². The number of nitrogens with one attached hydrogen (secondary N) is 1. The summed E-state index contributed by atoms with van der Waals surface area (Å²) in [5.74, 6) is 3.68. The van der Waals surface area contributed by atoms with Crippen molar-refractivity contribution >= 4 is 17.3 Å². The molecule has 0 saturated heterocycles. The molecule has 1 unspecified atom stereocenters. The third-order valence-corrected chi connectivity index (χ3v) is 3.24. The number of carbonyl (C=O) groups is 1. The molecule has 1 aromatic carbocycles. The van der Waals surface area contributed by atoms with E-state index in [9.17, 15) is 19.3 Å². The molecule has 1 rings (SSSR count). The SMILES string of the molecule is CCC(C)N(C)C(=O)c1cc(NN)c(F)cc1[N+](=O)[O-]. The summed E-state index contributed by atoms with van der Waals surface area (Å²) < 4.78 is 13.5. The smallest absolute Gasteiger partial charge is 0.285 e. The van der Waals surface area contributed by atoms with Crippen molar-refractivity contribution in [2.24, 2.45) is 5.84 Å². The molecule has 0 heterocycles. The van der Waals surface area contributed by atoms with Gasteiger partial charge in [0.15, 0.2) is 5.82 Å². The van der Waals surface area contributed by atoms with Gasteiger partial charge in [0.1, 0.15) is 5.56 Å². The first-order chi connectivity index (χ1) is 9.33. The molecule has 8 heteroatoms. The molecular weight excluding hydrogens is 267 g/mol. The number of hydrogen-bond donors (Lipinski definition) is 2. The highest BCUT2D eigenvalue weighted by Gasteiger charge is 2.27. The van der Waals surface area contributed by atoms with E-state index in [-0.39, 0.29) is 17.3 Å². The number of nitrogen functional groups attached to an aromatic ring is 1. The maximum atomic E-state index is 13.5. The summed E-state index contributed by atoms with van der Waals surface area (Å²) in [4.78, 5) is 23.8. The molecule has 1 atom stereocenters. The van der Waals surface area contributed by atoms with Crippen molar-refractivity contribution < 1.29 is 14.1 Å². The number of amides is 1. The van der Waals surface area contributed by atoms with Crippen LogP contribution in [0.1, 0.15) is 30.6 Å². The predicted molar refractivity (Wildman–Crippen MR) is 72.7 cm³/mol. The van der Waals surface area contributed by atoms with Crippen LogP contribution in [0.25, 0.3) is 0 Å². The van der Waals surface area contributed by atoms with Crippen LogP contribution in [-0.2, 0) is 0 Å². The highest BCUT2D eigenvalue weighted by atomic mass is 19.1. The van der Waals surface area contributed by atoms with Crippen LogP contribution in [0, 0.1) is 15.9 Å². The van der Waals surface area contributed by atoms with Crippen LogP contribution in [-0.4, -0.2) is 28.8 Å². The quantitative estimate of drug-likeness (QED) is 0.488. The summed E-state index contributed by atoms with van der Waals surface area (Å²) in [6.07, 6.45) is 0.694. The summed E-state index contributed by atoms with van der Waals surface area (Å²) in [6, 6.07) is 1.64. The molecule has 0 aromatic heterocycles. The highest BCUT2D eigenvalue weighted by Crippen LogP contribution is 2.27. The van der Waals surface area contributed by atoms with E-state index in [0.29, 0.717) is 12.5 Å². The summed E-state index contributed by atoms with van der Waals surface area (Å²) >= 11 is 0. The van der Waals surface area contributed by atoms with E-state index in [1.165, 1.54) is 4.90 Å². The Morgan fingerprint density at radius 2 is 2.20 bits per heavy atom. The third-order valence-electron chi connectivity index (χ3n) is 3.24. The first kappa shape index (κ1) is 15.8. The minimum absolute atomic E-state index is 0.0959. The normalized spacial score (nSPS) is 11.8. The van der Waals surface area contributed by atoms with Gasteiger partial charge in [-0.15, -0.1) is 0 Å². The minimum Gasteiger partial charge on any atom is -0.339 e. The number of nitro benzene ring substituents is 1. The molecule has 0 aliphatic carbocycles. The largest absolute Gasteiger partial charge is 0.339 e. The number of anilines is 1.